The number of thiophene rings is 1. The highest BCUT2D eigenvalue weighted by Gasteiger charge is 2.19. The Morgan fingerprint density at radius 3 is 1.63 bits per heavy atom. The molecule has 0 N–H and O–H groups in total. The van der Waals surface area contributed by atoms with Gasteiger partial charge in [0.2, 0.25) is 0 Å². The van der Waals surface area contributed by atoms with Crippen molar-refractivity contribution in [1.29, 1.82) is 0 Å². The molecule has 0 unspecified atom stereocenters. The van der Waals surface area contributed by atoms with Crippen LogP contribution in [0.4, 0.5) is 0 Å². The molecule has 0 fully saturated rings. The van der Waals surface area contributed by atoms with Gasteiger partial charge in [-0.25, -0.2) is 15.0 Å². The van der Waals surface area contributed by atoms with Crippen molar-refractivity contribution in [3.63, 3.8) is 0 Å². The highest BCUT2D eigenvalue weighted by atomic mass is 32.1. The van der Waals surface area contributed by atoms with Gasteiger partial charge in [0.25, 0.3) is 0 Å². The van der Waals surface area contributed by atoms with Crippen LogP contribution in [0.25, 0.3) is 98.1 Å². The van der Waals surface area contributed by atoms with E-state index in [9.17, 15) is 0 Å². The van der Waals surface area contributed by atoms with Crippen LogP contribution in [0.3, 0.4) is 0 Å². The molecule has 2 heterocycles. The first-order valence-electron chi connectivity index (χ1n) is 17.1. The lowest BCUT2D eigenvalue weighted by atomic mass is 9.94. The Morgan fingerprint density at radius 1 is 0.314 bits per heavy atom. The quantitative estimate of drug-likeness (QED) is 0.183. The lowest BCUT2D eigenvalue weighted by molar-refractivity contribution is 1.08. The minimum absolute atomic E-state index is 0.651. The van der Waals surface area contributed by atoms with Gasteiger partial charge < -0.3 is 0 Å². The summed E-state index contributed by atoms with van der Waals surface area (Å²) in [5.74, 6) is 1.98. The van der Waals surface area contributed by atoms with E-state index in [0.29, 0.717) is 17.5 Å². The van der Waals surface area contributed by atoms with Gasteiger partial charge in [-0.2, -0.15) is 0 Å². The van der Waals surface area contributed by atoms with Crippen molar-refractivity contribution >= 4 is 53.1 Å². The Bertz CT molecular complexity index is 2910. The summed E-state index contributed by atoms with van der Waals surface area (Å²) >= 11 is 1.79. The van der Waals surface area contributed by atoms with Gasteiger partial charge in [-0.1, -0.05) is 146 Å². The zero-order valence-corrected chi connectivity index (χ0v) is 28.3. The number of nitrogens with zero attached hydrogens (tertiary/aromatic N) is 3. The van der Waals surface area contributed by atoms with E-state index < -0.39 is 0 Å². The molecule has 0 radical (unpaired) electrons. The molecule has 0 amide bonds. The SMILES string of the molecule is c1ccc(-c2ccc3cc(-c4nc(-c5ccc(-c6ccccc6)c6ccccc56)nc(-c5cccc6c5sc5ccccc56)n4)ccc3c2)cc1. The van der Waals surface area contributed by atoms with E-state index in [0.717, 1.165) is 32.8 Å². The van der Waals surface area contributed by atoms with Crippen LogP contribution in [-0.4, -0.2) is 15.0 Å². The van der Waals surface area contributed by atoms with Gasteiger partial charge in [0, 0.05) is 36.9 Å². The first-order chi connectivity index (χ1) is 25.3. The maximum atomic E-state index is 5.26. The average Bonchev–Trinajstić information content (AvgIpc) is 3.59. The monoisotopic (exact) mass is 667 g/mol. The van der Waals surface area contributed by atoms with E-state index >= 15 is 0 Å². The maximum Gasteiger partial charge on any atom is 0.165 e. The second kappa shape index (κ2) is 12.1. The standard InChI is InChI=1S/C47H29N3S/c1-3-12-30(13-4-1)32-22-23-34-29-35(25-24-33(34)28-32)45-48-46(41-27-26-36(31-14-5-2-6-15-31)37-16-7-8-17-38(37)41)50-47(49-45)42-20-11-19-40-39-18-9-10-21-43(39)51-44(40)42/h1-29H. The zero-order valence-electron chi connectivity index (χ0n) is 27.5. The van der Waals surface area contributed by atoms with Crippen molar-refractivity contribution in [2.24, 2.45) is 0 Å². The van der Waals surface area contributed by atoms with Crippen LogP contribution < -0.4 is 0 Å². The second-order valence-corrected chi connectivity index (χ2v) is 13.9. The van der Waals surface area contributed by atoms with Crippen LogP contribution in [0.15, 0.2) is 176 Å². The maximum absolute atomic E-state index is 5.26. The van der Waals surface area contributed by atoms with Crippen LogP contribution in [0, 0.1) is 0 Å². The van der Waals surface area contributed by atoms with Crippen molar-refractivity contribution < 1.29 is 0 Å². The molecular weight excluding hydrogens is 639 g/mol. The summed E-state index contributed by atoms with van der Waals surface area (Å²) in [6.45, 7) is 0. The summed E-state index contributed by atoms with van der Waals surface area (Å²) in [6.07, 6.45) is 0. The molecular formula is C47H29N3S. The summed E-state index contributed by atoms with van der Waals surface area (Å²) in [7, 11) is 0. The summed E-state index contributed by atoms with van der Waals surface area (Å²) in [5.41, 5.74) is 7.71. The highest BCUT2D eigenvalue weighted by Crippen LogP contribution is 2.41. The molecule has 238 valence electrons. The Balaban J connectivity index is 1.19. The largest absolute Gasteiger partial charge is 0.208 e. The van der Waals surface area contributed by atoms with E-state index in [1.165, 1.54) is 47.8 Å². The van der Waals surface area contributed by atoms with Crippen LogP contribution in [0.1, 0.15) is 0 Å². The van der Waals surface area contributed by atoms with Gasteiger partial charge in [0.1, 0.15) is 0 Å². The minimum Gasteiger partial charge on any atom is -0.208 e. The number of aromatic nitrogens is 3. The van der Waals surface area contributed by atoms with E-state index in [1.807, 2.05) is 0 Å². The molecule has 0 spiro atoms. The van der Waals surface area contributed by atoms with Gasteiger partial charge in [0.05, 0.1) is 0 Å². The van der Waals surface area contributed by atoms with Gasteiger partial charge in [-0.3, -0.25) is 0 Å². The fraction of sp³-hybridized carbons (Fsp3) is 0. The highest BCUT2D eigenvalue weighted by molar-refractivity contribution is 7.26. The Morgan fingerprint density at radius 2 is 0.863 bits per heavy atom. The lowest BCUT2D eigenvalue weighted by Crippen LogP contribution is -2.01. The zero-order chi connectivity index (χ0) is 33.7. The molecule has 2 aromatic heterocycles. The molecule has 51 heavy (non-hydrogen) atoms. The molecule has 0 saturated carbocycles. The molecule has 0 saturated heterocycles. The third kappa shape index (κ3) is 5.16. The minimum atomic E-state index is 0.651. The molecule has 0 atom stereocenters. The predicted octanol–water partition coefficient (Wildman–Crippen LogP) is 12.9. The van der Waals surface area contributed by atoms with Crippen molar-refractivity contribution in [3.8, 4) is 56.4 Å². The number of rotatable bonds is 5. The first-order valence-corrected chi connectivity index (χ1v) is 17.9. The summed E-state index contributed by atoms with van der Waals surface area (Å²) in [4.78, 5) is 15.7. The first kappa shape index (κ1) is 29.4. The summed E-state index contributed by atoms with van der Waals surface area (Å²) in [6, 6.07) is 62.2. The van der Waals surface area contributed by atoms with Crippen LogP contribution >= 0.6 is 11.3 Å². The molecule has 0 bridgehead atoms. The number of fused-ring (bicyclic) bond motifs is 5. The van der Waals surface area contributed by atoms with E-state index in [2.05, 4.69) is 176 Å². The number of hydrogen-bond donors (Lipinski definition) is 0. The Hall–Kier alpha value is -6.49. The molecule has 3 nitrogen and oxygen atoms in total. The molecule has 10 rings (SSSR count). The molecule has 10 aromatic rings. The molecule has 4 heteroatoms. The normalized spacial score (nSPS) is 11.5. The van der Waals surface area contributed by atoms with Crippen LogP contribution in [0.5, 0.6) is 0 Å². The van der Waals surface area contributed by atoms with Gasteiger partial charge in [-0.15, -0.1) is 11.3 Å². The third-order valence-electron chi connectivity index (χ3n) is 9.74. The predicted molar refractivity (Wildman–Crippen MR) is 215 cm³/mol. The van der Waals surface area contributed by atoms with Crippen molar-refractivity contribution in [1.82, 2.24) is 15.0 Å². The summed E-state index contributed by atoms with van der Waals surface area (Å²) in [5, 5.41) is 7.05. The van der Waals surface area contributed by atoms with Crippen molar-refractivity contribution in [2.45, 2.75) is 0 Å². The fourth-order valence-electron chi connectivity index (χ4n) is 7.23. The number of hydrogen-bond acceptors (Lipinski definition) is 4. The topological polar surface area (TPSA) is 38.7 Å². The molecule has 0 aliphatic heterocycles. The Kier molecular flexibility index (Phi) is 7.00. The lowest BCUT2D eigenvalue weighted by Gasteiger charge is -2.13. The van der Waals surface area contributed by atoms with Crippen molar-refractivity contribution in [2.75, 3.05) is 0 Å². The third-order valence-corrected chi connectivity index (χ3v) is 11.0. The van der Waals surface area contributed by atoms with E-state index in [-0.39, 0.29) is 0 Å². The summed E-state index contributed by atoms with van der Waals surface area (Å²) < 4.78 is 2.43. The van der Waals surface area contributed by atoms with Crippen LogP contribution in [0.2, 0.25) is 0 Å². The Labute approximate surface area is 299 Å². The van der Waals surface area contributed by atoms with E-state index in [4.69, 9.17) is 15.0 Å². The second-order valence-electron chi connectivity index (χ2n) is 12.8. The molecule has 8 aromatic carbocycles. The molecule has 0 aliphatic rings. The van der Waals surface area contributed by atoms with Gasteiger partial charge >= 0.3 is 0 Å². The number of benzene rings is 8. The fourth-order valence-corrected chi connectivity index (χ4v) is 8.44. The van der Waals surface area contributed by atoms with Crippen molar-refractivity contribution in [3.05, 3.63) is 176 Å². The van der Waals surface area contributed by atoms with E-state index in [1.54, 1.807) is 11.3 Å². The smallest absolute Gasteiger partial charge is 0.165 e. The van der Waals surface area contributed by atoms with Gasteiger partial charge in [-0.05, 0) is 74.1 Å². The van der Waals surface area contributed by atoms with Gasteiger partial charge in [0.15, 0.2) is 17.5 Å². The molecule has 0 aliphatic carbocycles. The van der Waals surface area contributed by atoms with Crippen LogP contribution in [-0.2, 0) is 0 Å². The average molecular weight is 668 g/mol.